The first-order valence-electron chi connectivity index (χ1n) is 9.14. The van der Waals surface area contributed by atoms with Crippen LogP contribution in [-0.4, -0.2) is 36.3 Å². The highest BCUT2D eigenvalue weighted by molar-refractivity contribution is 5.93. The smallest absolute Gasteiger partial charge is 0.203 e. The van der Waals surface area contributed by atoms with E-state index in [0.29, 0.717) is 23.8 Å². The summed E-state index contributed by atoms with van der Waals surface area (Å²) < 4.78 is 16.4. The highest BCUT2D eigenvalue weighted by Crippen LogP contribution is 2.41. The van der Waals surface area contributed by atoms with Crippen LogP contribution in [0.4, 0.5) is 5.69 Å². The third-order valence-corrected chi connectivity index (χ3v) is 4.71. The summed E-state index contributed by atoms with van der Waals surface area (Å²) in [6.45, 7) is 0.678. The van der Waals surface area contributed by atoms with Gasteiger partial charge in [0, 0.05) is 47.5 Å². The maximum Gasteiger partial charge on any atom is 0.203 e. The summed E-state index contributed by atoms with van der Waals surface area (Å²) in [6, 6.07) is 11.8. The van der Waals surface area contributed by atoms with Crippen molar-refractivity contribution < 1.29 is 14.2 Å². The third-order valence-electron chi connectivity index (χ3n) is 4.71. The number of ether oxygens (including phenoxy) is 3. The Kier molecular flexibility index (Phi) is 5.20. The van der Waals surface area contributed by atoms with Crippen LogP contribution in [0.15, 0.2) is 55.0 Å². The maximum atomic E-state index is 5.47. The molecule has 4 rings (SSSR count). The average molecular weight is 390 g/mol. The van der Waals surface area contributed by atoms with Crippen LogP contribution >= 0.6 is 0 Å². The molecule has 4 aromatic rings. The van der Waals surface area contributed by atoms with Crippen molar-refractivity contribution in [2.24, 2.45) is 0 Å². The lowest BCUT2D eigenvalue weighted by Crippen LogP contribution is -2.00. The van der Waals surface area contributed by atoms with Crippen LogP contribution in [0.3, 0.4) is 0 Å². The lowest BCUT2D eigenvalue weighted by atomic mass is 10.1. The van der Waals surface area contributed by atoms with Crippen molar-refractivity contribution in [1.82, 2.24) is 15.0 Å². The number of rotatable bonds is 7. The summed E-state index contributed by atoms with van der Waals surface area (Å²) in [5.74, 6) is 1.76. The minimum absolute atomic E-state index is 0.562. The second-order valence-electron chi connectivity index (χ2n) is 6.43. The van der Waals surface area contributed by atoms with Gasteiger partial charge in [-0.05, 0) is 35.9 Å². The topological polar surface area (TPSA) is 81.3 Å². The molecule has 0 saturated heterocycles. The molecule has 0 saturated carbocycles. The van der Waals surface area contributed by atoms with Crippen molar-refractivity contribution in [3.63, 3.8) is 0 Å². The van der Waals surface area contributed by atoms with E-state index in [4.69, 9.17) is 14.2 Å². The van der Waals surface area contributed by atoms with Crippen molar-refractivity contribution in [2.45, 2.75) is 6.54 Å². The van der Waals surface area contributed by atoms with Crippen molar-refractivity contribution in [3.8, 4) is 28.5 Å². The largest absolute Gasteiger partial charge is 0.493 e. The van der Waals surface area contributed by atoms with Crippen LogP contribution in [-0.2, 0) is 6.54 Å². The molecule has 3 aromatic heterocycles. The molecule has 0 spiro atoms. The van der Waals surface area contributed by atoms with Crippen LogP contribution < -0.4 is 19.5 Å². The number of pyridine rings is 2. The van der Waals surface area contributed by atoms with Gasteiger partial charge in [0.25, 0.3) is 0 Å². The van der Waals surface area contributed by atoms with Gasteiger partial charge in [-0.3, -0.25) is 4.98 Å². The Morgan fingerprint density at radius 1 is 0.966 bits per heavy atom. The van der Waals surface area contributed by atoms with E-state index in [2.05, 4.69) is 26.3 Å². The molecule has 7 heteroatoms. The fraction of sp³-hybridized carbons (Fsp3) is 0.182. The van der Waals surface area contributed by atoms with E-state index in [1.807, 2.05) is 36.5 Å². The van der Waals surface area contributed by atoms with Crippen molar-refractivity contribution >= 4 is 16.7 Å². The zero-order chi connectivity index (χ0) is 20.2. The van der Waals surface area contributed by atoms with Gasteiger partial charge < -0.3 is 24.5 Å². The monoisotopic (exact) mass is 390 g/mol. The molecular formula is C22H22N4O3. The van der Waals surface area contributed by atoms with Crippen LogP contribution in [0.2, 0.25) is 0 Å². The second-order valence-corrected chi connectivity index (χ2v) is 6.43. The zero-order valence-corrected chi connectivity index (χ0v) is 16.5. The Labute approximate surface area is 168 Å². The molecule has 7 nitrogen and oxygen atoms in total. The van der Waals surface area contributed by atoms with E-state index < -0.39 is 0 Å². The van der Waals surface area contributed by atoms with Gasteiger partial charge in [-0.15, -0.1) is 0 Å². The molecule has 29 heavy (non-hydrogen) atoms. The van der Waals surface area contributed by atoms with Crippen LogP contribution in [0, 0.1) is 0 Å². The summed E-state index contributed by atoms with van der Waals surface area (Å²) in [4.78, 5) is 12.0. The molecule has 0 unspecified atom stereocenters. The SMILES string of the molecule is COc1cc(-c2cc3c(NCc4cccnc4)ccnc3[nH]2)cc(OC)c1OC. The summed E-state index contributed by atoms with van der Waals surface area (Å²) in [7, 11) is 4.80. The summed E-state index contributed by atoms with van der Waals surface area (Å²) in [5.41, 5.74) is 4.72. The predicted octanol–water partition coefficient (Wildman–Crippen LogP) is 4.26. The normalized spacial score (nSPS) is 10.7. The quantitative estimate of drug-likeness (QED) is 0.491. The molecule has 0 fully saturated rings. The summed E-state index contributed by atoms with van der Waals surface area (Å²) in [6.07, 6.45) is 5.40. The van der Waals surface area contributed by atoms with E-state index in [1.54, 1.807) is 33.7 Å². The molecule has 0 atom stereocenters. The Morgan fingerprint density at radius 3 is 2.41 bits per heavy atom. The van der Waals surface area contributed by atoms with Gasteiger partial charge in [-0.1, -0.05) is 6.07 Å². The Hall–Kier alpha value is -3.74. The lowest BCUT2D eigenvalue weighted by molar-refractivity contribution is 0.324. The predicted molar refractivity (Wildman–Crippen MR) is 113 cm³/mol. The molecule has 0 aliphatic carbocycles. The Morgan fingerprint density at radius 2 is 1.76 bits per heavy atom. The summed E-state index contributed by atoms with van der Waals surface area (Å²) in [5, 5.41) is 4.46. The maximum absolute atomic E-state index is 5.47. The van der Waals surface area contributed by atoms with Gasteiger partial charge in [0.1, 0.15) is 5.65 Å². The molecule has 0 radical (unpaired) electrons. The third kappa shape index (κ3) is 3.67. The minimum Gasteiger partial charge on any atom is -0.493 e. The van der Waals surface area contributed by atoms with Crippen molar-refractivity contribution in [3.05, 3.63) is 60.6 Å². The summed E-state index contributed by atoms with van der Waals surface area (Å²) >= 11 is 0. The minimum atomic E-state index is 0.562. The molecule has 1 aromatic carbocycles. The number of anilines is 1. The number of methoxy groups -OCH3 is 3. The van der Waals surface area contributed by atoms with E-state index in [1.165, 1.54) is 0 Å². The standard InChI is InChI=1S/C22H22N4O3/c1-27-19-9-15(10-20(28-2)21(19)29-3)18-11-16-17(6-8-24-22(16)26-18)25-13-14-5-4-7-23-12-14/h4-12H,13H2,1-3H3,(H2,24,25,26). The number of hydrogen-bond donors (Lipinski definition) is 2. The molecule has 148 valence electrons. The van der Waals surface area contributed by atoms with Gasteiger partial charge in [0.15, 0.2) is 11.5 Å². The number of aromatic amines is 1. The number of benzene rings is 1. The molecule has 3 heterocycles. The van der Waals surface area contributed by atoms with E-state index >= 15 is 0 Å². The Balaban J connectivity index is 1.71. The number of nitrogens with one attached hydrogen (secondary N) is 2. The number of H-pyrrole nitrogens is 1. The van der Waals surface area contributed by atoms with Crippen LogP contribution in [0.5, 0.6) is 17.2 Å². The van der Waals surface area contributed by atoms with Crippen molar-refractivity contribution in [1.29, 1.82) is 0 Å². The van der Waals surface area contributed by atoms with Crippen molar-refractivity contribution in [2.75, 3.05) is 26.6 Å². The molecular weight excluding hydrogens is 368 g/mol. The molecule has 0 amide bonds. The lowest BCUT2D eigenvalue weighted by Gasteiger charge is -2.13. The average Bonchev–Trinajstić information content (AvgIpc) is 3.22. The highest BCUT2D eigenvalue weighted by atomic mass is 16.5. The second kappa shape index (κ2) is 8.10. The number of hydrogen-bond acceptors (Lipinski definition) is 6. The molecule has 0 aliphatic rings. The van der Waals surface area contributed by atoms with Gasteiger partial charge in [0.05, 0.1) is 21.3 Å². The zero-order valence-electron chi connectivity index (χ0n) is 16.5. The van der Waals surface area contributed by atoms with E-state index in [9.17, 15) is 0 Å². The first-order chi connectivity index (χ1) is 14.2. The Bertz CT molecular complexity index is 1100. The fourth-order valence-corrected chi connectivity index (χ4v) is 3.27. The molecule has 0 aliphatic heterocycles. The van der Waals surface area contributed by atoms with Gasteiger partial charge >= 0.3 is 0 Å². The van der Waals surface area contributed by atoms with Crippen LogP contribution in [0.25, 0.3) is 22.3 Å². The molecule has 0 bridgehead atoms. The van der Waals surface area contributed by atoms with Crippen LogP contribution in [0.1, 0.15) is 5.56 Å². The van der Waals surface area contributed by atoms with E-state index in [-0.39, 0.29) is 0 Å². The van der Waals surface area contributed by atoms with E-state index in [0.717, 1.165) is 33.5 Å². The number of nitrogens with zero attached hydrogens (tertiary/aromatic N) is 2. The first kappa shape index (κ1) is 18.6. The first-order valence-corrected chi connectivity index (χ1v) is 9.14. The van der Waals surface area contributed by atoms with Gasteiger partial charge in [-0.2, -0.15) is 0 Å². The van der Waals surface area contributed by atoms with Gasteiger partial charge in [-0.25, -0.2) is 4.98 Å². The number of fused-ring (bicyclic) bond motifs is 1. The number of aromatic nitrogens is 3. The van der Waals surface area contributed by atoms with Gasteiger partial charge in [0.2, 0.25) is 5.75 Å². The fourth-order valence-electron chi connectivity index (χ4n) is 3.27. The highest BCUT2D eigenvalue weighted by Gasteiger charge is 2.16. The molecule has 2 N–H and O–H groups in total.